The monoisotopic (exact) mass is 546 g/mol. The standard InChI is InChI=1S/C32H42N4O4/c1-22-14-23(2)19-34(18-22)13-7-12-33-31(38)32(3)21-35-28-17-27(40-5)11-10-25(28)16-29(35)30(37)36(32)20-24-8-6-9-26(15-24)39-4/h6,8-11,15-17,22-23H,7,12-14,18-21H2,1-5H3,(H,33,38)/t22-,23-,32+/m0/s1. The zero-order valence-electron chi connectivity index (χ0n) is 24.4. The molecular weight excluding hydrogens is 504 g/mol. The van der Waals surface area contributed by atoms with E-state index in [1.54, 1.807) is 19.1 Å². The van der Waals surface area contributed by atoms with Gasteiger partial charge < -0.3 is 29.2 Å². The summed E-state index contributed by atoms with van der Waals surface area (Å²) in [6.45, 7) is 10.9. The van der Waals surface area contributed by atoms with Gasteiger partial charge in [0.05, 0.1) is 26.3 Å². The van der Waals surface area contributed by atoms with E-state index in [4.69, 9.17) is 9.47 Å². The van der Waals surface area contributed by atoms with Gasteiger partial charge in [-0.2, -0.15) is 0 Å². The average Bonchev–Trinajstić information content (AvgIpc) is 3.30. The highest BCUT2D eigenvalue weighted by Gasteiger charge is 2.47. The smallest absolute Gasteiger partial charge is 0.271 e. The summed E-state index contributed by atoms with van der Waals surface area (Å²) in [5.74, 6) is 2.54. The highest BCUT2D eigenvalue weighted by atomic mass is 16.5. The molecule has 0 bridgehead atoms. The van der Waals surface area contributed by atoms with Gasteiger partial charge in [-0.3, -0.25) is 9.59 Å². The molecule has 3 heterocycles. The number of fused-ring (bicyclic) bond motifs is 3. The Kier molecular flexibility index (Phi) is 8.08. The normalized spacial score (nSPS) is 23.2. The average molecular weight is 547 g/mol. The van der Waals surface area contributed by atoms with Gasteiger partial charge in [0.15, 0.2) is 0 Å². The summed E-state index contributed by atoms with van der Waals surface area (Å²) >= 11 is 0. The number of likely N-dealkylation sites (tertiary alicyclic amines) is 1. The van der Waals surface area contributed by atoms with Crippen LogP contribution in [0.5, 0.6) is 11.5 Å². The minimum atomic E-state index is -1.09. The molecule has 1 aromatic heterocycles. The van der Waals surface area contributed by atoms with Crippen LogP contribution < -0.4 is 14.8 Å². The van der Waals surface area contributed by atoms with E-state index in [0.717, 1.165) is 48.3 Å². The Bertz CT molecular complexity index is 1370. The van der Waals surface area contributed by atoms with Gasteiger partial charge in [-0.15, -0.1) is 0 Å². The fraction of sp³-hybridized carbons (Fsp3) is 0.500. The van der Waals surface area contributed by atoms with Gasteiger partial charge in [0.1, 0.15) is 22.7 Å². The van der Waals surface area contributed by atoms with Crippen LogP contribution in [0.25, 0.3) is 10.9 Å². The third kappa shape index (κ3) is 5.55. The minimum Gasteiger partial charge on any atom is -0.497 e. The van der Waals surface area contributed by atoms with Crippen LogP contribution in [0.15, 0.2) is 48.5 Å². The van der Waals surface area contributed by atoms with Crippen molar-refractivity contribution in [3.05, 3.63) is 59.8 Å². The number of nitrogens with zero attached hydrogens (tertiary/aromatic N) is 3. The maximum atomic E-state index is 14.1. The van der Waals surface area contributed by atoms with E-state index in [2.05, 4.69) is 24.1 Å². The molecule has 0 spiro atoms. The Morgan fingerprint density at radius 2 is 1.75 bits per heavy atom. The SMILES string of the molecule is COc1cccc(CN2C(=O)c3cc4ccc(OC)cc4n3C[C@]2(C)C(=O)NCCCN2C[C@@H](C)C[C@H](C)C2)c1. The molecule has 0 aliphatic carbocycles. The molecule has 5 rings (SSSR count). The molecule has 214 valence electrons. The van der Waals surface area contributed by atoms with E-state index in [1.165, 1.54) is 6.42 Å². The molecule has 40 heavy (non-hydrogen) atoms. The number of rotatable bonds is 9. The lowest BCUT2D eigenvalue weighted by atomic mass is 9.92. The highest BCUT2D eigenvalue weighted by Crippen LogP contribution is 2.35. The molecule has 3 aromatic rings. The van der Waals surface area contributed by atoms with Crippen molar-refractivity contribution in [2.24, 2.45) is 11.8 Å². The first-order chi connectivity index (χ1) is 19.2. The van der Waals surface area contributed by atoms with Gasteiger partial charge in [-0.25, -0.2) is 0 Å². The lowest BCUT2D eigenvalue weighted by Crippen LogP contribution is -2.63. The lowest BCUT2D eigenvalue weighted by molar-refractivity contribution is -0.133. The third-order valence-electron chi connectivity index (χ3n) is 8.48. The van der Waals surface area contributed by atoms with Gasteiger partial charge in [-0.1, -0.05) is 26.0 Å². The summed E-state index contributed by atoms with van der Waals surface area (Å²) in [7, 11) is 3.26. The topological polar surface area (TPSA) is 76.0 Å². The number of hydrogen-bond acceptors (Lipinski definition) is 5. The molecule has 3 atom stereocenters. The first-order valence-corrected chi connectivity index (χ1v) is 14.3. The van der Waals surface area contributed by atoms with Crippen molar-refractivity contribution in [3.63, 3.8) is 0 Å². The van der Waals surface area contributed by atoms with Crippen LogP contribution in [0.4, 0.5) is 0 Å². The summed E-state index contributed by atoms with van der Waals surface area (Å²) in [5.41, 5.74) is 1.28. The Balaban J connectivity index is 1.39. The van der Waals surface area contributed by atoms with Crippen LogP contribution in [0.3, 0.4) is 0 Å². The number of methoxy groups -OCH3 is 2. The van der Waals surface area contributed by atoms with Gasteiger partial charge in [0, 0.05) is 37.6 Å². The minimum absolute atomic E-state index is 0.139. The molecular formula is C32H42N4O4. The summed E-state index contributed by atoms with van der Waals surface area (Å²) in [6.07, 6.45) is 2.16. The molecule has 8 heteroatoms. The lowest BCUT2D eigenvalue weighted by Gasteiger charge is -2.44. The van der Waals surface area contributed by atoms with E-state index in [-0.39, 0.29) is 11.8 Å². The first-order valence-electron chi connectivity index (χ1n) is 14.3. The van der Waals surface area contributed by atoms with E-state index < -0.39 is 5.54 Å². The van der Waals surface area contributed by atoms with Crippen molar-refractivity contribution in [3.8, 4) is 11.5 Å². The van der Waals surface area contributed by atoms with E-state index in [1.807, 2.05) is 60.0 Å². The molecule has 2 aliphatic rings. The number of piperidine rings is 1. The number of ether oxygens (including phenoxy) is 2. The Hall–Kier alpha value is -3.52. The fourth-order valence-corrected chi connectivity index (χ4v) is 6.53. The van der Waals surface area contributed by atoms with E-state index in [0.29, 0.717) is 42.9 Å². The first kappa shape index (κ1) is 28.0. The van der Waals surface area contributed by atoms with Crippen molar-refractivity contribution >= 4 is 22.7 Å². The van der Waals surface area contributed by atoms with Crippen LogP contribution in [-0.2, 0) is 17.9 Å². The molecule has 0 radical (unpaired) electrons. The van der Waals surface area contributed by atoms with Gasteiger partial charge >= 0.3 is 0 Å². The number of amides is 2. The van der Waals surface area contributed by atoms with Crippen molar-refractivity contribution in [1.82, 2.24) is 19.7 Å². The van der Waals surface area contributed by atoms with Gasteiger partial charge in [0.2, 0.25) is 5.91 Å². The van der Waals surface area contributed by atoms with E-state index in [9.17, 15) is 9.59 Å². The fourth-order valence-electron chi connectivity index (χ4n) is 6.53. The molecule has 1 N–H and O–H groups in total. The third-order valence-corrected chi connectivity index (χ3v) is 8.48. The molecule has 2 aromatic carbocycles. The molecule has 1 saturated heterocycles. The number of nitrogens with one attached hydrogen (secondary N) is 1. The molecule has 1 fully saturated rings. The summed E-state index contributed by atoms with van der Waals surface area (Å²) < 4.78 is 12.8. The Labute approximate surface area is 237 Å². The second-order valence-corrected chi connectivity index (χ2v) is 11.9. The Morgan fingerprint density at radius 1 is 1.02 bits per heavy atom. The maximum absolute atomic E-state index is 14.1. The van der Waals surface area contributed by atoms with Crippen molar-refractivity contribution in [1.29, 1.82) is 0 Å². The zero-order chi connectivity index (χ0) is 28.4. The zero-order valence-corrected chi connectivity index (χ0v) is 24.4. The Morgan fingerprint density at radius 3 is 2.48 bits per heavy atom. The van der Waals surface area contributed by atoms with Gasteiger partial charge in [-0.05, 0) is 74.0 Å². The molecule has 0 saturated carbocycles. The van der Waals surface area contributed by atoms with Crippen LogP contribution in [0, 0.1) is 11.8 Å². The van der Waals surface area contributed by atoms with Gasteiger partial charge in [0.25, 0.3) is 5.91 Å². The summed E-state index contributed by atoms with van der Waals surface area (Å²) in [5, 5.41) is 4.13. The second-order valence-electron chi connectivity index (χ2n) is 11.9. The van der Waals surface area contributed by atoms with Crippen molar-refractivity contribution < 1.29 is 19.1 Å². The number of aromatic nitrogens is 1. The maximum Gasteiger partial charge on any atom is 0.271 e. The van der Waals surface area contributed by atoms with Crippen LogP contribution >= 0.6 is 0 Å². The van der Waals surface area contributed by atoms with Crippen LogP contribution in [0.1, 0.15) is 49.7 Å². The van der Waals surface area contributed by atoms with Crippen LogP contribution in [-0.4, -0.2) is 72.1 Å². The highest BCUT2D eigenvalue weighted by molar-refractivity contribution is 6.03. The van der Waals surface area contributed by atoms with Crippen molar-refractivity contribution in [2.75, 3.05) is 40.4 Å². The van der Waals surface area contributed by atoms with Crippen LogP contribution in [0.2, 0.25) is 0 Å². The molecule has 0 unspecified atom stereocenters. The predicted octanol–water partition coefficient (Wildman–Crippen LogP) is 4.56. The number of carbonyl (C=O) groups excluding carboxylic acids is 2. The van der Waals surface area contributed by atoms with Crippen molar-refractivity contribution in [2.45, 2.75) is 52.2 Å². The molecule has 8 nitrogen and oxygen atoms in total. The predicted molar refractivity (Wildman–Crippen MR) is 157 cm³/mol. The largest absolute Gasteiger partial charge is 0.497 e. The van der Waals surface area contributed by atoms with E-state index >= 15 is 0 Å². The molecule has 2 amide bonds. The summed E-state index contributed by atoms with van der Waals surface area (Å²) in [4.78, 5) is 32.3. The second kappa shape index (κ2) is 11.5. The molecule has 2 aliphatic heterocycles. The summed E-state index contributed by atoms with van der Waals surface area (Å²) in [6, 6.07) is 15.4. The number of hydrogen-bond donors (Lipinski definition) is 1. The number of carbonyl (C=O) groups is 2. The number of benzene rings is 2. The quantitative estimate of drug-likeness (QED) is 0.399.